The van der Waals surface area contributed by atoms with Crippen molar-refractivity contribution in [3.63, 3.8) is 0 Å². The predicted molar refractivity (Wildman–Crippen MR) is 256 cm³/mol. The molecule has 0 spiro atoms. The largest absolute Gasteiger partial charge is 0.462 e. The van der Waals surface area contributed by atoms with Gasteiger partial charge in [0.05, 0.1) is 0 Å². The molecule has 1 atom stereocenters. The van der Waals surface area contributed by atoms with Crippen LogP contribution in [0.5, 0.6) is 0 Å². The lowest BCUT2D eigenvalue weighted by Gasteiger charge is -2.18. The fourth-order valence-electron chi connectivity index (χ4n) is 7.65. The molecule has 0 aromatic heterocycles. The molecule has 0 fully saturated rings. The molecule has 0 aromatic rings. The lowest BCUT2D eigenvalue weighted by molar-refractivity contribution is -0.167. The second-order valence-electron chi connectivity index (χ2n) is 17.8. The Labute approximate surface area is 373 Å². The van der Waals surface area contributed by atoms with Gasteiger partial charge >= 0.3 is 17.9 Å². The number of hydrogen-bond acceptors (Lipinski definition) is 6. The highest BCUT2D eigenvalue weighted by Crippen LogP contribution is 2.16. The minimum atomic E-state index is -0.772. The molecular formula is C54H100O6. The van der Waals surface area contributed by atoms with E-state index in [1.165, 1.54) is 167 Å². The molecule has 60 heavy (non-hydrogen) atoms. The highest BCUT2D eigenvalue weighted by molar-refractivity contribution is 5.71. The SMILES string of the molecule is CCCC/C=C\CCCCCCC(=O)OCC(COC(=O)CCCCCCCCCCCCCCCCCCC)OC(=O)CCCCCCCCC/C=C\CCCCCC. The Balaban J connectivity index is 4.30. The van der Waals surface area contributed by atoms with Crippen LogP contribution in [-0.2, 0) is 28.6 Å². The molecule has 0 aliphatic carbocycles. The van der Waals surface area contributed by atoms with Crippen molar-refractivity contribution in [2.75, 3.05) is 13.2 Å². The number of ether oxygens (including phenoxy) is 3. The highest BCUT2D eigenvalue weighted by Gasteiger charge is 2.19. The van der Waals surface area contributed by atoms with Crippen LogP contribution >= 0.6 is 0 Å². The zero-order valence-electron chi connectivity index (χ0n) is 40.2. The zero-order chi connectivity index (χ0) is 43.7. The molecule has 0 bridgehead atoms. The third kappa shape index (κ3) is 46.9. The van der Waals surface area contributed by atoms with Gasteiger partial charge in [0, 0.05) is 19.3 Å². The summed E-state index contributed by atoms with van der Waals surface area (Å²) in [4.78, 5) is 37.9. The van der Waals surface area contributed by atoms with Gasteiger partial charge in [0.1, 0.15) is 13.2 Å². The number of rotatable bonds is 48. The first-order valence-corrected chi connectivity index (χ1v) is 26.3. The number of allylic oxidation sites excluding steroid dienone is 4. The number of carbonyl (C=O) groups is 3. The van der Waals surface area contributed by atoms with Crippen LogP contribution < -0.4 is 0 Å². The number of esters is 3. The number of unbranched alkanes of at least 4 members (excludes halogenated alkanes) is 33. The maximum atomic E-state index is 12.8. The van der Waals surface area contributed by atoms with E-state index in [0.717, 1.165) is 77.0 Å². The second-order valence-corrected chi connectivity index (χ2v) is 17.8. The first-order chi connectivity index (χ1) is 29.5. The molecule has 0 N–H and O–H groups in total. The molecule has 0 amide bonds. The van der Waals surface area contributed by atoms with Gasteiger partial charge < -0.3 is 14.2 Å². The summed E-state index contributed by atoms with van der Waals surface area (Å²) in [6.07, 6.45) is 55.9. The van der Waals surface area contributed by atoms with Crippen LogP contribution in [0.3, 0.4) is 0 Å². The van der Waals surface area contributed by atoms with Crippen LogP contribution in [-0.4, -0.2) is 37.2 Å². The van der Waals surface area contributed by atoms with Crippen molar-refractivity contribution in [3.8, 4) is 0 Å². The van der Waals surface area contributed by atoms with Gasteiger partial charge in [-0.3, -0.25) is 14.4 Å². The molecule has 0 aliphatic heterocycles. The van der Waals surface area contributed by atoms with Crippen LogP contribution in [0.2, 0.25) is 0 Å². The van der Waals surface area contributed by atoms with E-state index >= 15 is 0 Å². The van der Waals surface area contributed by atoms with Crippen molar-refractivity contribution in [2.24, 2.45) is 0 Å². The average Bonchev–Trinajstić information content (AvgIpc) is 3.24. The second kappa shape index (κ2) is 49.5. The molecule has 0 saturated carbocycles. The molecule has 0 radical (unpaired) electrons. The molecule has 0 aromatic carbocycles. The molecular weight excluding hydrogens is 745 g/mol. The van der Waals surface area contributed by atoms with Crippen molar-refractivity contribution < 1.29 is 28.6 Å². The molecule has 0 aliphatic rings. The normalized spacial score (nSPS) is 12.1. The van der Waals surface area contributed by atoms with Crippen molar-refractivity contribution in [1.82, 2.24) is 0 Å². The first-order valence-electron chi connectivity index (χ1n) is 26.3. The molecule has 6 heteroatoms. The predicted octanol–water partition coefficient (Wildman–Crippen LogP) is 17.2. The summed E-state index contributed by atoms with van der Waals surface area (Å²) in [5, 5.41) is 0. The summed E-state index contributed by atoms with van der Waals surface area (Å²) < 4.78 is 16.8. The Hall–Kier alpha value is -2.11. The van der Waals surface area contributed by atoms with Crippen LogP contribution in [0.25, 0.3) is 0 Å². The molecule has 0 saturated heterocycles. The van der Waals surface area contributed by atoms with Gasteiger partial charge in [-0.25, -0.2) is 0 Å². The third-order valence-corrected chi connectivity index (χ3v) is 11.7. The van der Waals surface area contributed by atoms with E-state index in [4.69, 9.17) is 14.2 Å². The quantitative estimate of drug-likeness (QED) is 0.0263. The van der Waals surface area contributed by atoms with Crippen molar-refractivity contribution in [1.29, 1.82) is 0 Å². The van der Waals surface area contributed by atoms with E-state index in [0.29, 0.717) is 19.3 Å². The van der Waals surface area contributed by atoms with E-state index in [1.807, 2.05) is 0 Å². The number of carbonyl (C=O) groups excluding carboxylic acids is 3. The van der Waals surface area contributed by atoms with E-state index in [-0.39, 0.29) is 31.1 Å². The number of hydrogen-bond donors (Lipinski definition) is 0. The Bertz CT molecular complexity index is 973. The van der Waals surface area contributed by atoms with Gasteiger partial charge in [0.2, 0.25) is 0 Å². The molecule has 0 heterocycles. The molecule has 6 nitrogen and oxygen atoms in total. The van der Waals surface area contributed by atoms with Crippen LogP contribution in [0, 0.1) is 0 Å². The smallest absolute Gasteiger partial charge is 0.306 e. The van der Waals surface area contributed by atoms with E-state index in [1.54, 1.807) is 0 Å². The Morgan fingerprint density at radius 3 is 0.900 bits per heavy atom. The van der Waals surface area contributed by atoms with Gasteiger partial charge in [0.25, 0.3) is 0 Å². The van der Waals surface area contributed by atoms with Crippen molar-refractivity contribution in [2.45, 2.75) is 290 Å². The third-order valence-electron chi connectivity index (χ3n) is 11.7. The van der Waals surface area contributed by atoms with Gasteiger partial charge in [-0.05, 0) is 64.2 Å². The maximum Gasteiger partial charge on any atom is 0.306 e. The molecule has 0 rings (SSSR count). The summed E-state index contributed by atoms with van der Waals surface area (Å²) in [5.41, 5.74) is 0. The summed E-state index contributed by atoms with van der Waals surface area (Å²) in [5.74, 6) is -0.878. The maximum absolute atomic E-state index is 12.8. The van der Waals surface area contributed by atoms with Crippen molar-refractivity contribution >= 4 is 17.9 Å². The van der Waals surface area contributed by atoms with Gasteiger partial charge in [-0.15, -0.1) is 0 Å². The Morgan fingerprint density at radius 1 is 0.317 bits per heavy atom. The topological polar surface area (TPSA) is 78.9 Å². The van der Waals surface area contributed by atoms with E-state index in [2.05, 4.69) is 45.1 Å². The summed E-state index contributed by atoms with van der Waals surface area (Å²) in [7, 11) is 0. The Morgan fingerprint density at radius 2 is 0.567 bits per heavy atom. The van der Waals surface area contributed by atoms with Crippen LogP contribution in [0.4, 0.5) is 0 Å². The average molecular weight is 845 g/mol. The van der Waals surface area contributed by atoms with Gasteiger partial charge in [-0.1, -0.05) is 225 Å². The zero-order valence-corrected chi connectivity index (χ0v) is 40.2. The summed E-state index contributed by atoms with van der Waals surface area (Å²) in [6.45, 7) is 6.60. The minimum Gasteiger partial charge on any atom is -0.462 e. The van der Waals surface area contributed by atoms with E-state index in [9.17, 15) is 14.4 Å². The van der Waals surface area contributed by atoms with Gasteiger partial charge in [0.15, 0.2) is 6.10 Å². The molecule has 1 unspecified atom stereocenters. The first kappa shape index (κ1) is 57.9. The monoisotopic (exact) mass is 845 g/mol. The van der Waals surface area contributed by atoms with Gasteiger partial charge in [-0.2, -0.15) is 0 Å². The molecule has 352 valence electrons. The summed E-state index contributed by atoms with van der Waals surface area (Å²) >= 11 is 0. The minimum absolute atomic E-state index is 0.0728. The standard InChI is InChI=1S/C54H100O6/c1-4-7-10-13-16-19-22-24-26-27-29-30-32-35-38-41-44-47-53(56)59-50-51(49-58-52(55)46-43-40-37-34-21-18-15-12-9-6-3)60-54(57)48-45-42-39-36-33-31-28-25-23-20-17-14-11-8-5-2/h15,18,20,23,51H,4-14,16-17,19,21-22,24-50H2,1-3H3/b18-15-,23-20-. The fraction of sp³-hybridized carbons (Fsp3) is 0.870. The van der Waals surface area contributed by atoms with Crippen LogP contribution in [0.15, 0.2) is 24.3 Å². The van der Waals surface area contributed by atoms with Crippen LogP contribution in [0.1, 0.15) is 284 Å². The highest BCUT2D eigenvalue weighted by atomic mass is 16.6. The lowest BCUT2D eigenvalue weighted by atomic mass is 10.0. The van der Waals surface area contributed by atoms with Crippen molar-refractivity contribution in [3.05, 3.63) is 24.3 Å². The fourth-order valence-corrected chi connectivity index (χ4v) is 7.65. The van der Waals surface area contributed by atoms with E-state index < -0.39 is 6.10 Å². The lowest BCUT2D eigenvalue weighted by Crippen LogP contribution is -2.30. The summed E-state index contributed by atoms with van der Waals surface area (Å²) in [6, 6.07) is 0. The Kier molecular flexibility index (Phi) is 47.8.